The number of nitriles is 1. The van der Waals surface area contributed by atoms with Crippen molar-refractivity contribution in [3.63, 3.8) is 0 Å². The third-order valence-electron chi connectivity index (χ3n) is 7.38. The number of pyridine rings is 1. The Bertz CT molecular complexity index is 1500. The van der Waals surface area contributed by atoms with Gasteiger partial charge in [-0.05, 0) is 50.5 Å². The molecule has 0 amide bonds. The van der Waals surface area contributed by atoms with E-state index < -0.39 is 42.1 Å². The van der Waals surface area contributed by atoms with Gasteiger partial charge in [-0.2, -0.15) is 22.8 Å². The predicted octanol–water partition coefficient (Wildman–Crippen LogP) is 5.60. The molecule has 1 saturated heterocycles. The molecule has 13 heteroatoms. The second-order valence-electron chi connectivity index (χ2n) is 9.65. The minimum Gasteiger partial charge on any atom is -0.476 e. The Balaban J connectivity index is 1.51. The number of nitrogens with one attached hydrogen (secondary N) is 1. The number of carbonyl (C=O) groups is 1. The predicted molar refractivity (Wildman–Crippen MR) is 131 cm³/mol. The highest BCUT2D eigenvalue weighted by Crippen LogP contribution is 2.76. The zero-order chi connectivity index (χ0) is 27.6. The number of piperidine rings is 1. The van der Waals surface area contributed by atoms with Crippen LogP contribution >= 0.6 is 11.6 Å². The molecule has 5 rings (SSSR count). The van der Waals surface area contributed by atoms with Crippen molar-refractivity contribution in [2.75, 3.05) is 23.3 Å². The van der Waals surface area contributed by atoms with Crippen LogP contribution in [-0.4, -0.2) is 51.0 Å². The molecule has 0 bridgehead atoms. The van der Waals surface area contributed by atoms with E-state index in [1.807, 2.05) is 19.1 Å². The topological polar surface area (TPSA) is 115 Å². The molecule has 2 fully saturated rings. The van der Waals surface area contributed by atoms with Gasteiger partial charge in [-0.15, -0.1) is 0 Å². The average molecular weight is 549 g/mol. The maximum atomic E-state index is 13.9. The Hall–Kier alpha value is -3.72. The van der Waals surface area contributed by atoms with Crippen molar-refractivity contribution in [2.24, 2.45) is 5.41 Å². The number of hydrogen-bond donors (Lipinski definition) is 2. The number of aromatic carboxylic acids is 1. The van der Waals surface area contributed by atoms with Crippen LogP contribution in [0.2, 0.25) is 5.15 Å². The van der Waals surface area contributed by atoms with Crippen molar-refractivity contribution in [2.45, 2.75) is 44.6 Å². The zero-order valence-electron chi connectivity index (χ0n) is 20.2. The van der Waals surface area contributed by atoms with Crippen LogP contribution in [0.15, 0.2) is 24.3 Å². The van der Waals surface area contributed by atoms with Crippen molar-refractivity contribution in [1.29, 1.82) is 5.26 Å². The van der Waals surface area contributed by atoms with E-state index in [0.717, 1.165) is 5.56 Å². The van der Waals surface area contributed by atoms with E-state index in [4.69, 9.17) is 11.6 Å². The fourth-order valence-electron chi connectivity index (χ4n) is 5.22. The molecule has 2 aliphatic rings. The molecule has 1 spiro atoms. The molecule has 3 aromatic rings. The molecule has 1 aliphatic heterocycles. The quantitative estimate of drug-likeness (QED) is 0.313. The van der Waals surface area contributed by atoms with Crippen molar-refractivity contribution < 1.29 is 27.5 Å². The number of aromatic nitrogens is 3. The van der Waals surface area contributed by atoms with Gasteiger partial charge in [-0.1, -0.05) is 17.7 Å². The smallest absolute Gasteiger partial charge is 0.356 e. The van der Waals surface area contributed by atoms with Crippen LogP contribution in [0.5, 0.6) is 0 Å². The van der Waals surface area contributed by atoms with Crippen LogP contribution in [0.3, 0.4) is 0 Å². The van der Waals surface area contributed by atoms with Gasteiger partial charge < -0.3 is 15.3 Å². The van der Waals surface area contributed by atoms with Gasteiger partial charge >= 0.3 is 17.8 Å². The Morgan fingerprint density at radius 3 is 2.39 bits per heavy atom. The van der Waals surface area contributed by atoms with Gasteiger partial charge in [0.15, 0.2) is 17.2 Å². The van der Waals surface area contributed by atoms with Gasteiger partial charge in [-0.25, -0.2) is 19.7 Å². The van der Waals surface area contributed by atoms with Gasteiger partial charge in [-0.3, -0.25) is 0 Å². The Morgan fingerprint density at radius 1 is 1.16 bits per heavy atom. The fraction of sp³-hybridized carbons (Fsp3) is 0.400. The Kier molecular flexibility index (Phi) is 5.90. The van der Waals surface area contributed by atoms with E-state index in [2.05, 4.69) is 20.3 Å². The highest BCUT2D eigenvalue weighted by atomic mass is 35.5. The molecule has 0 radical (unpaired) electrons. The summed E-state index contributed by atoms with van der Waals surface area (Å²) in [4.78, 5) is 26.2. The van der Waals surface area contributed by atoms with Gasteiger partial charge in [0, 0.05) is 18.7 Å². The van der Waals surface area contributed by atoms with Crippen LogP contribution in [0.1, 0.15) is 53.1 Å². The van der Waals surface area contributed by atoms with Crippen molar-refractivity contribution in [1.82, 2.24) is 15.0 Å². The van der Waals surface area contributed by atoms with E-state index >= 15 is 0 Å². The molecule has 3 heterocycles. The largest absolute Gasteiger partial charge is 0.476 e. The number of anilines is 2. The number of carboxylic acid groups (broad SMARTS) is 1. The lowest BCUT2D eigenvalue weighted by Gasteiger charge is -2.33. The van der Waals surface area contributed by atoms with E-state index in [1.54, 1.807) is 13.0 Å². The van der Waals surface area contributed by atoms with Crippen LogP contribution in [0.4, 0.5) is 29.1 Å². The highest BCUT2D eigenvalue weighted by molar-refractivity contribution is 6.29. The zero-order valence-corrected chi connectivity index (χ0v) is 21.0. The van der Waals surface area contributed by atoms with Gasteiger partial charge in [0.05, 0.1) is 22.8 Å². The molecule has 1 aliphatic carbocycles. The summed E-state index contributed by atoms with van der Waals surface area (Å²) in [6.45, 7) is 3.33. The standard InChI is InChI=1S/C25H21ClF4N6O2/c1-12-9-14(13(2)32-15-3-4-18(26)34-20(15)22(37)38)19-16(10-12)33-17(11-31)21(35-19)36-7-5-23(6-8-36)24(27,28)25(23,29)30/h3-4,9-10,13,32H,5-8H2,1-2H3,(H,37,38)/t13-/m1/s1. The lowest BCUT2D eigenvalue weighted by molar-refractivity contribution is -0.0278. The first kappa shape index (κ1) is 25.9. The third-order valence-corrected chi connectivity index (χ3v) is 7.59. The summed E-state index contributed by atoms with van der Waals surface area (Å²) in [6, 6.07) is 7.95. The van der Waals surface area contributed by atoms with E-state index in [1.165, 1.54) is 17.0 Å². The van der Waals surface area contributed by atoms with Crippen molar-refractivity contribution >= 4 is 40.1 Å². The fourth-order valence-corrected chi connectivity index (χ4v) is 5.37. The van der Waals surface area contributed by atoms with Crippen LogP contribution in [0, 0.1) is 23.7 Å². The number of hydrogen-bond acceptors (Lipinski definition) is 7. The van der Waals surface area contributed by atoms with Gasteiger partial charge in [0.25, 0.3) is 0 Å². The van der Waals surface area contributed by atoms with Crippen molar-refractivity contribution in [3.8, 4) is 6.07 Å². The normalized spacial score (nSPS) is 19.7. The minimum absolute atomic E-state index is 0.0196. The molecular formula is C25H21ClF4N6O2. The monoisotopic (exact) mass is 548 g/mol. The third kappa shape index (κ3) is 3.71. The number of fused-ring (bicyclic) bond motifs is 1. The van der Waals surface area contributed by atoms with Crippen LogP contribution < -0.4 is 10.2 Å². The molecule has 1 saturated carbocycles. The van der Waals surface area contributed by atoms with Crippen LogP contribution in [-0.2, 0) is 0 Å². The lowest BCUT2D eigenvalue weighted by atomic mass is 9.92. The minimum atomic E-state index is -4.05. The number of halogens is 5. The van der Waals surface area contributed by atoms with Crippen molar-refractivity contribution in [3.05, 3.63) is 51.9 Å². The summed E-state index contributed by atoms with van der Waals surface area (Å²) in [6.07, 6.45) is -0.893. The number of benzene rings is 1. The molecule has 8 nitrogen and oxygen atoms in total. The maximum absolute atomic E-state index is 13.9. The number of rotatable bonds is 5. The van der Waals surface area contributed by atoms with Crippen LogP contribution in [0.25, 0.3) is 11.0 Å². The first-order valence-electron chi connectivity index (χ1n) is 11.7. The first-order chi connectivity index (χ1) is 17.8. The number of aryl methyl sites for hydroxylation is 1. The molecule has 2 N–H and O–H groups in total. The molecule has 38 heavy (non-hydrogen) atoms. The molecule has 2 aromatic heterocycles. The molecule has 198 valence electrons. The summed E-state index contributed by atoms with van der Waals surface area (Å²) in [5, 5.41) is 22.4. The Labute approximate surface area is 219 Å². The first-order valence-corrected chi connectivity index (χ1v) is 12.1. The average Bonchev–Trinajstić information content (AvgIpc) is 3.20. The number of nitrogens with zero attached hydrogens (tertiary/aromatic N) is 5. The molecular weight excluding hydrogens is 528 g/mol. The second kappa shape index (κ2) is 8.66. The highest BCUT2D eigenvalue weighted by Gasteiger charge is 2.95. The molecule has 0 unspecified atom stereocenters. The SMILES string of the molecule is Cc1cc([C@@H](C)Nc2ccc(Cl)nc2C(=O)O)c2nc(N3CCC4(CC3)C(F)(F)C4(F)F)c(C#N)nc2c1. The van der Waals surface area contributed by atoms with E-state index in [0.29, 0.717) is 16.6 Å². The lowest BCUT2D eigenvalue weighted by Crippen LogP contribution is -2.38. The second-order valence-corrected chi connectivity index (χ2v) is 10.0. The summed E-state index contributed by atoms with van der Waals surface area (Å²) < 4.78 is 55.6. The summed E-state index contributed by atoms with van der Waals surface area (Å²) in [5.74, 6) is -9.24. The molecule has 1 atom stereocenters. The van der Waals surface area contributed by atoms with Gasteiger partial charge in [0.1, 0.15) is 16.6 Å². The summed E-state index contributed by atoms with van der Waals surface area (Å²) >= 11 is 5.85. The maximum Gasteiger partial charge on any atom is 0.356 e. The molecule has 1 aromatic carbocycles. The number of carboxylic acids is 1. The van der Waals surface area contributed by atoms with E-state index in [9.17, 15) is 32.7 Å². The van der Waals surface area contributed by atoms with E-state index in [-0.39, 0.29) is 41.1 Å². The summed E-state index contributed by atoms with van der Waals surface area (Å²) in [7, 11) is 0. The number of alkyl halides is 4. The van der Waals surface area contributed by atoms with Gasteiger partial charge in [0.2, 0.25) is 0 Å². The summed E-state index contributed by atoms with van der Waals surface area (Å²) in [5.41, 5.74) is -0.232. The Morgan fingerprint density at radius 2 is 1.82 bits per heavy atom.